The van der Waals surface area contributed by atoms with Gasteiger partial charge in [-0.05, 0) is 85.7 Å². The van der Waals surface area contributed by atoms with Gasteiger partial charge in [0.2, 0.25) is 0 Å². The number of para-hydroxylation sites is 2. The molecule has 3 aromatic heterocycles. The van der Waals surface area contributed by atoms with Crippen molar-refractivity contribution in [1.82, 2.24) is 24.9 Å². The minimum absolute atomic E-state index is 0. The Hall–Kier alpha value is -5.04. The number of hydrogen-bond donors (Lipinski definition) is 0. The van der Waals surface area contributed by atoms with Crippen molar-refractivity contribution in [2.24, 2.45) is 0 Å². The predicted molar refractivity (Wildman–Crippen MR) is 216 cm³/mol. The molecule has 273 valence electrons. The average Bonchev–Trinajstić information content (AvgIpc) is 3.75. The molecule has 7 aromatic rings. The number of benzene rings is 4. The molecule has 0 fully saturated rings. The third-order valence-corrected chi connectivity index (χ3v) is 9.74. The fourth-order valence-corrected chi connectivity index (χ4v) is 7.09. The van der Waals surface area contributed by atoms with Crippen LogP contribution in [0.4, 0.5) is 22.9 Å². The summed E-state index contributed by atoms with van der Waals surface area (Å²) in [5.74, 6) is 3.31. The van der Waals surface area contributed by atoms with Crippen LogP contribution in [0.25, 0.3) is 33.3 Å². The number of anilines is 4. The van der Waals surface area contributed by atoms with Crippen molar-refractivity contribution in [2.75, 3.05) is 9.80 Å². The summed E-state index contributed by atoms with van der Waals surface area (Å²) < 4.78 is 0. The molecule has 0 saturated carbocycles. The number of rotatable bonds is 7. The van der Waals surface area contributed by atoms with Crippen molar-refractivity contribution >= 4 is 44.7 Å². The topological polar surface area (TPSA) is 72.1 Å². The van der Waals surface area contributed by atoms with E-state index >= 15 is 0 Å². The Bertz CT molecular complexity index is 2130. The number of imidazole rings is 1. The van der Waals surface area contributed by atoms with Crippen LogP contribution in [0.5, 0.6) is 0 Å². The van der Waals surface area contributed by atoms with Crippen molar-refractivity contribution in [3.63, 3.8) is 0 Å². The summed E-state index contributed by atoms with van der Waals surface area (Å²) in [6.07, 6.45) is 6.87. The van der Waals surface area contributed by atoms with Crippen LogP contribution in [-0.4, -0.2) is 19.9 Å². The first kappa shape index (κ1) is 37.7. The third-order valence-electron chi connectivity index (χ3n) is 9.74. The minimum atomic E-state index is 0. The van der Waals surface area contributed by atoms with Gasteiger partial charge >= 0.3 is 17.1 Å². The molecule has 0 N–H and O–H groups in total. The van der Waals surface area contributed by atoms with Crippen LogP contribution in [0.15, 0.2) is 110 Å². The van der Waals surface area contributed by atoms with Crippen LogP contribution in [0, 0.1) is 6.67 Å². The van der Waals surface area contributed by atoms with Crippen LogP contribution in [0.1, 0.15) is 101 Å². The second-order valence-corrected chi connectivity index (χ2v) is 14.7. The number of fused-ring (bicyclic) bond motifs is 3. The molecule has 0 unspecified atom stereocenters. The van der Waals surface area contributed by atoms with E-state index in [9.17, 15) is 0 Å². The molecular weight excluding hydrogens is 702 g/mol. The standard InChI is InChI=1S/C30H38N3.C15H9N4.Cu/c1-19(2)23-12-9-13-24(20(3)4)28(23)32-18-33(30-27(32)16-11-17-31-30)29-25(21(5)6)14-10-15-26(29)22(7)8;1-2-4-11-8-13-12(7-10(11)3-1)18-15(19-13)14-9-16-5-6-17-14;/h9-22H,1-8H3;1-9H;/q2*-1;+2. The molecule has 0 atom stereocenters. The molecule has 0 spiro atoms. The van der Waals surface area contributed by atoms with Crippen LogP contribution < -0.4 is 14.8 Å². The van der Waals surface area contributed by atoms with Gasteiger partial charge in [-0.2, -0.15) is 0 Å². The van der Waals surface area contributed by atoms with Gasteiger partial charge in [0.25, 0.3) is 0 Å². The van der Waals surface area contributed by atoms with Crippen LogP contribution in [0.2, 0.25) is 0 Å². The van der Waals surface area contributed by atoms with Gasteiger partial charge in [-0.1, -0.05) is 128 Å². The summed E-state index contributed by atoms with van der Waals surface area (Å²) in [7, 11) is 0. The summed E-state index contributed by atoms with van der Waals surface area (Å²) in [4.78, 5) is 26.9. The van der Waals surface area contributed by atoms with Gasteiger partial charge in [-0.3, -0.25) is 9.97 Å². The van der Waals surface area contributed by atoms with Crippen LogP contribution in [-0.2, 0) is 17.1 Å². The Balaban J connectivity index is 0.000000203. The van der Waals surface area contributed by atoms with Gasteiger partial charge in [0.15, 0.2) is 0 Å². The Kier molecular flexibility index (Phi) is 11.3. The molecule has 8 rings (SSSR count). The maximum atomic E-state index is 4.90. The van der Waals surface area contributed by atoms with Gasteiger partial charge in [0.05, 0.1) is 17.6 Å². The predicted octanol–water partition coefficient (Wildman–Crippen LogP) is 11.8. The molecule has 4 heterocycles. The van der Waals surface area contributed by atoms with Gasteiger partial charge in [0, 0.05) is 30.0 Å². The maximum absolute atomic E-state index is 4.90. The average molecular weight is 749 g/mol. The van der Waals surface area contributed by atoms with E-state index in [-0.39, 0.29) is 17.1 Å². The zero-order valence-corrected chi connectivity index (χ0v) is 32.7. The normalized spacial score (nSPS) is 12.5. The smallest absolute Gasteiger partial charge is 0.471 e. The van der Waals surface area contributed by atoms with E-state index < -0.39 is 0 Å². The van der Waals surface area contributed by atoms with E-state index in [2.05, 4.69) is 159 Å². The van der Waals surface area contributed by atoms with Gasteiger partial charge in [-0.25, -0.2) is 4.98 Å². The van der Waals surface area contributed by atoms with E-state index in [0.29, 0.717) is 35.2 Å². The first-order valence-corrected chi connectivity index (χ1v) is 18.4. The van der Waals surface area contributed by atoms with Crippen molar-refractivity contribution in [1.29, 1.82) is 0 Å². The zero-order valence-electron chi connectivity index (χ0n) is 31.7. The van der Waals surface area contributed by atoms with E-state index in [1.807, 2.05) is 24.4 Å². The Morgan fingerprint density at radius 1 is 0.585 bits per heavy atom. The summed E-state index contributed by atoms with van der Waals surface area (Å²) in [5, 5.41) is 2.33. The summed E-state index contributed by atoms with van der Waals surface area (Å²) in [6, 6.07) is 30.1. The molecule has 1 radical (unpaired) electrons. The molecule has 1 aliphatic rings. The summed E-state index contributed by atoms with van der Waals surface area (Å²) in [6.45, 7) is 20.5. The van der Waals surface area contributed by atoms with Crippen molar-refractivity contribution < 1.29 is 17.1 Å². The molecule has 7 nitrogen and oxygen atoms in total. The third kappa shape index (κ3) is 7.44. The number of nitrogens with zero attached hydrogens (tertiary/aromatic N) is 7. The molecule has 0 saturated heterocycles. The molecular formula is C45H47CuN7. The van der Waals surface area contributed by atoms with Crippen molar-refractivity contribution in [3.8, 4) is 11.5 Å². The number of pyridine rings is 1. The molecule has 0 amide bonds. The summed E-state index contributed by atoms with van der Waals surface area (Å²) in [5.41, 5.74) is 11.6. The fourth-order valence-electron chi connectivity index (χ4n) is 7.09. The van der Waals surface area contributed by atoms with Gasteiger partial charge < -0.3 is 19.8 Å². The second kappa shape index (κ2) is 15.9. The van der Waals surface area contributed by atoms with E-state index in [4.69, 9.17) is 4.98 Å². The minimum Gasteiger partial charge on any atom is -0.471 e. The molecule has 0 aliphatic carbocycles. The second-order valence-electron chi connectivity index (χ2n) is 14.7. The number of aromatic nitrogens is 5. The summed E-state index contributed by atoms with van der Waals surface area (Å²) >= 11 is 0. The van der Waals surface area contributed by atoms with E-state index in [1.54, 1.807) is 18.6 Å². The van der Waals surface area contributed by atoms with Crippen molar-refractivity contribution in [3.05, 3.63) is 139 Å². The Morgan fingerprint density at radius 3 is 1.70 bits per heavy atom. The Morgan fingerprint density at radius 2 is 1.15 bits per heavy atom. The van der Waals surface area contributed by atoms with Crippen LogP contribution >= 0.6 is 0 Å². The van der Waals surface area contributed by atoms with E-state index in [0.717, 1.165) is 22.5 Å². The van der Waals surface area contributed by atoms with Crippen LogP contribution in [0.3, 0.4) is 0 Å². The Labute approximate surface area is 324 Å². The molecule has 8 heteroatoms. The monoisotopic (exact) mass is 748 g/mol. The van der Waals surface area contributed by atoms with Gasteiger partial charge in [0.1, 0.15) is 5.82 Å². The number of hydrogen-bond acceptors (Lipinski definition) is 6. The molecule has 53 heavy (non-hydrogen) atoms. The quantitative estimate of drug-likeness (QED) is 0.119. The van der Waals surface area contributed by atoms with Gasteiger partial charge in [-0.15, -0.1) is 6.67 Å². The maximum Gasteiger partial charge on any atom is 2.00 e. The first-order valence-electron chi connectivity index (χ1n) is 18.4. The fraction of sp³-hybridized carbons (Fsp3) is 0.267. The molecule has 0 bridgehead atoms. The SMILES string of the molecule is CC(C)c1cccc(C(C)C)c1N1[CH-]N(c2c(C(C)C)cccc2C(C)C)c2ncccc21.[Cu+2].c1ccc2cc3[n-]c(-c4cnccn4)nc3cc2c1. The van der Waals surface area contributed by atoms with E-state index in [1.165, 1.54) is 44.4 Å². The largest absolute Gasteiger partial charge is 2.00 e. The van der Waals surface area contributed by atoms with Crippen molar-refractivity contribution in [2.45, 2.75) is 79.1 Å². The zero-order chi connectivity index (χ0) is 36.5. The molecule has 4 aromatic carbocycles. The molecule has 1 aliphatic heterocycles. The first-order chi connectivity index (χ1) is 25.1.